The highest BCUT2D eigenvalue weighted by molar-refractivity contribution is 5.30. The lowest BCUT2D eigenvalue weighted by Gasteiger charge is -2.19. The van der Waals surface area contributed by atoms with Crippen LogP contribution in [0.15, 0.2) is 30.6 Å². The highest BCUT2D eigenvalue weighted by Crippen LogP contribution is 2.21. The smallest absolute Gasteiger partial charge is 0.138 e. The number of hydrazine groups is 1. The van der Waals surface area contributed by atoms with Crippen molar-refractivity contribution in [3.8, 4) is 0 Å². The monoisotopic (exact) mass is 273 g/mol. The molecular weight excluding hydrogens is 250 g/mol. The second-order valence-corrected chi connectivity index (χ2v) is 4.88. The van der Waals surface area contributed by atoms with E-state index in [0.717, 1.165) is 31.6 Å². The molecule has 1 aromatic carbocycles. The van der Waals surface area contributed by atoms with E-state index >= 15 is 0 Å². The Morgan fingerprint density at radius 1 is 1.30 bits per heavy atom. The Morgan fingerprint density at radius 3 is 2.80 bits per heavy atom. The molecule has 0 aliphatic carbocycles. The van der Waals surface area contributed by atoms with Gasteiger partial charge >= 0.3 is 0 Å². The lowest BCUT2D eigenvalue weighted by atomic mass is 9.96. The summed E-state index contributed by atoms with van der Waals surface area (Å²) in [6.07, 6.45) is 4.40. The van der Waals surface area contributed by atoms with Crippen molar-refractivity contribution < 1.29 is 0 Å². The summed E-state index contributed by atoms with van der Waals surface area (Å²) < 4.78 is 1.96. The van der Waals surface area contributed by atoms with Crippen molar-refractivity contribution in [1.29, 1.82) is 0 Å². The Hall–Kier alpha value is -1.72. The largest absolute Gasteiger partial charge is 0.271 e. The molecule has 3 N–H and O–H groups in total. The Balaban J connectivity index is 2.22. The molecule has 20 heavy (non-hydrogen) atoms. The van der Waals surface area contributed by atoms with E-state index in [1.807, 2.05) is 4.68 Å². The summed E-state index contributed by atoms with van der Waals surface area (Å²) in [5, 5.41) is 4.27. The topological polar surface area (TPSA) is 68.8 Å². The van der Waals surface area contributed by atoms with Crippen molar-refractivity contribution in [2.45, 2.75) is 45.7 Å². The summed E-state index contributed by atoms with van der Waals surface area (Å²) in [5.74, 6) is 6.73. The number of nitrogens with two attached hydrogens (primary N) is 1. The lowest BCUT2D eigenvalue weighted by molar-refractivity contribution is 0.497. The number of aromatic nitrogens is 3. The number of benzene rings is 1. The first kappa shape index (κ1) is 14.7. The fourth-order valence-corrected chi connectivity index (χ4v) is 2.48. The molecular formula is C15H23N5. The van der Waals surface area contributed by atoms with E-state index in [9.17, 15) is 0 Å². The molecule has 0 saturated carbocycles. The van der Waals surface area contributed by atoms with Crippen molar-refractivity contribution >= 4 is 0 Å². The molecule has 0 aliphatic heterocycles. The molecule has 0 radical (unpaired) electrons. The molecule has 1 atom stereocenters. The summed E-state index contributed by atoms with van der Waals surface area (Å²) in [6, 6.07) is 8.46. The van der Waals surface area contributed by atoms with Gasteiger partial charge in [0.2, 0.25) is 0 Å². The van der Waals surface area contributed by atoms with E-state index in [-0.39, 0.29) is 6.04 Å². The molecule has 5 nitrogen and oxygen atoms in total. The molecule has 0 amide bonds. The number of hydrogen-bond donors (Lipinski definition) is 2. The Bertz CT molecular complexity index is 535. The summed E-state index contributed by atoms with van der Waals surface area (Å²) in [5.41, 5.74) is 5.48. The van der Waals surface area contributed by atoms with E-state index in [4.69, 9.17) is 5.84 Å². The van der Waals surface area contributed by atoms with Crippen LogP contribution in [-0.4, -0.2) is 14.8 Å². The van der Waals surface area contributed by atoms with Gasteiger partial charge in [0.25, 0.3) is 0 Å². The molecule has 1 aromatic heterocycles. The van der Waals surface area contributed by atoms with Gasteiger partial charge in [-0.3, -0.25) is 16.0 Å². The van der Waals surface area contributed by atoms with Gasteiger partial charge in [-0.2, -0.15) is 5.10 Å². The van der Waals surface area contributed by atoms with Gasteiger partial charge in [0.15, 0.2) is 0 Å². The van der Waals surface area contributed by atoms with Crippen LogP contribution in [0.4, 0.5) is 0 Å². The molecule has 2 rings (SSSR count). The number of aryl methyl sites for hydroxylation is 2. The van der Waals surface area contributed by atoms with Gasteiger partial charge in [-0.1, -0.05) is 38.1 Å². The molecule has 0 spiro atoms. The Morgan fingerprint density at radius 2 is 2.10 bits per heavy atom. The van der Waals surface area contributed by atoms with E-state index < -0.39 is 0 Å². The number of hydrogen-bond acceptors (Lipinski definition) is 4. The molecule has 0 saturated heterocycles. The van der Waals surface area contributed by atoms with Gasteiger partial charge in [-0.25, -0.2) is 4.98 Å². The summed E-state index contributed by atoms with van der Waals surface area (Å²) in [6.45, 7) is 5.19. The molecule has 0 aliphatic rings. The first-order valence-corrected chi connectivity index (χ1v) is 7.20. The molecule has 0 bridgehead atoms. The van der Waals surface area contributed by atoms with Gasteiger partial charge in [0.1, 0.15) is 12.2 Å². The van der Waals surface area contributed by atoms with E-state index in [1.54, 1.807) is 6.33 Å². The fraction of sp³-hybridized carbons (Fsp3) is 0.467. The second kappa shape index (κ2) is 7.17. The van der Waals surface area contributed by atoms with E-state index in [2.05, 4.69) is 53.6 Å². The van der Waals surface area contributed by atoms with E-state index in [0.29, 0.717) is 0 Å². The van der Waals surface area contributed by atoms with Crippen molar-refractivity contribution in [1.82, 2.24) is 20.2 Å². The molecule has 108 valence electrons. The molecule has 5 heteroatoms. The normalized spacial score (nSPS) is 12.6. The summed E-state index contributed by atoms with van der Waals surface area (Å²) in [7, 11) is 0. The maximum atomic E-state index is 5.76. The van der Waals surface area contributed by atoms with Crippen LogP contribution in [0, 0.1) is 0 Å². The van der Waals surface area contributed by atoms with Gasteiger partial charge in [0.05, 0.1) is 6.04 Å². The van der Waals surface area contributed by atoms with Crippen LogP contribution in [0.1, 0.15) is 43.3 Å². The predicted molar refractivity (Wildman–Crippen MR) is 79.9 cm³/mol. The van der Waals surface area contributed by atoms with Crippen LogP contribution in [0.2, 0.25) is 0 Å². The fourth-order valence-electron chi connectivity index (χ4n) is 2.48. The standard InChI is InChI=1S/C15H23N5/c1-3-9-20-15(17-11-18-20)10-14(19-16)13-8-6-5-7-12(13)4-2/h5-8,11,14,19H,3-4,9-10,16H2,1-2H3. The zero-order valence-electron chi connectivity index (χ0n) is 12.2. The van der Waals surface area contributed by atoms with Crippen LogP contribution in [-0.2, 0) is 19.4 Å². The van der Waals surface area contributed by atoms with Gasteiger partial charge in [0, 0.05) is 13.0 Å². The third kappa shape index (κ3) is 3.23. The SMILES string of the molecule is CCCn1ncnc1CC(NN)c1ccccc1CC. The van der Waals surface area contributed by atoms with Gasteiger partial charge < -0.3 is 0 Å². The molecule has 2 aromatic rings. The number of nitrogens with one attached hydrogen (secondary N) is 1. The first-order chi connectivity index (χ1) is 9.80. The Kier molecular flexibility index (Phi) is 5.26. The third-order valence-electron chi connectivity index (χ3n) is 3.53. The van der Waals surface area contributed by atoms with Gasteiger partial charge in [-0.05, 0) is 24.0 Å². The number of rotatable bonds is 7. The Labute approximate surface area is 120 Å². The zero-order chi connectivity index (χ0) is 14.4. The van der Waals surface area contributed by atoms with Crippen molar-refractivity contribution in [2.24, 2.45) is 5.84 Å². The summed E-state index contributed by atoms with van der Waals surface area (Å²) in [4.78, 5) is 4.36. The van der Waals surface area contributed by atoms with Crippen molar-refractivity contribution in [2.75, 3.05) is 0 Å². The van der Waals surface area contributed by atoms with E-state index in [1.165, 1.54) is 11.1 Å². The molecule has 1 heterocycles. The van der Waals surface area contributed by atoms with Crippen molar-refractivity contribution in [3.05, 3.63) is 47.5 Å². The minimum atomic E-state index is 0.0611. The van der Waals surface area contributed by atoms with Gasteiger partial charge in [-0.15, -0.1) is 0 Å². The quantitative estimate of drug-likeness (QED) is 0.598. The van der Waals surface area contributed by atoms with Crippen LogP contribution in [0.3, 0.4) is 0 Å². The minimum absolute atomic E-state index is 0.0611. The summed E-state index contributed by atoms with van der Waals surface area (Å²) >= 11 is 0. The van der Waals surface area contributed by atoms with Crippen LogP contribution in [0.5, 0.6) is 0 Å². The maximum absolute atomic E-state index is 5.76. The minimum Gasteiger partial charge on any atom is -0.271 e. The second-order valence-electron chi connectivity index (χ2n) is 4.88. The molecule has 0 fully saturated rings. The zero-order valence-corrected chi connectivity index (χ0v) is 12.2. The highest BCUT2D eigenvalue weighted by atomic mass is 15.3. The van der Waals surface area contributed by atoms with Crippen LogP contribution >= 0.6 is 0 Å². The first-order valence-electron chi connectivity index (χ1n) is 7.20. The van der Waals surface area contributed by atoms with Crippen LogP contribution < -0.4 is 11.3 Å². The predicted octanol–water partition coefficient (Wildman–Crippen LogP) is 2.00. The lowest BCUT2D eigenvalue weighted by Crippen LogP contribution is -2.31. The average molecular weight is 273 g/mol. The third-order valence-corrected chi connectivity index (χ3v) is 3.53. The maximum Gasteiger partial charge on any atom is 0.138 e. The number of nitrogens with zero attached hydrogens (tertiary/aromatic N) is 3. The average Bonchev–Trinajstić information content (AvgIpc) is 2.92. The highest BCUT2D eigenvalue weighted by Gasteiger charge is 2.16. The van der Waals surface area contributed by atoms with Crippen LogP contribution in [0.25, 0.3) is 0 Å². The molecule has 1 unspecified atom stereocenters. The van der Waals surface area contributed by atoms with Crippen molar-refractivity contribution in [3.63, 3.8) is 0 Å².